The van der Waals surface area contributed by atoms with Crippen molar-refractivity contribution in [3.63, 3.8) is 0 Å². The van der Waals surface area contributed by atoms with E-state index < -0.39 is 29.5 Å². The van der Waals surface area contributed by atoms with Gasteiger partial charge in [0.05, 0.1) is 12.7 Å². The lowest BCUT2D eigenvalue weighted by Crippen LogP contribution is -2.47. The number of hydrogen-bond donors (Lipinski definition) is 5. The van der Waals surface area contributed by atoms with Crippen molar-refractivity contribution in [1.82, 2.24) is 16.0 Å². The summed E-state index contributed by atoms with van der Waals surface area (Å²) in [6.07, 6.45) is -2.15. The number of rotatable bonds is 14. The first kappa shape index (κ1) is 28.8. The molecule has 0 aliphatic rings. The number of thioether (sulfide) groups is 1. The number of aliphatic hydroxyl groups is 2. The molecule has 0 aromatic heterocycles. The maximum Gasteiger partial charge on any atom is 0.325 e. The van der Waals surface area contributed by atoms with Crippen molar-refractivity contribution in [2.24, 2.45) is 5.41 Å². The summed E-state index contributed by atoms with van der Waals surface area (Å²) in [5.41, 5.74) is -1.09. The van der Waals surface area contributed by atoms with Gasteiger partial charge < -0.3 is 30.9 Å². The highest BCUT2D eigenvalue weighted by Crippen LogP contribution is 2.21. The van der Waals surface area contributed by atoms with E-state index in [4.69, 9.17) is 9.84 Å². The molecule has 0 aromatic carbocycles. The van der Waals surface area contributed by atoms with Gasteiger partial charge in [0.2, 0.25) is 17.7 Å². The highest BCUT2D eigenvalue weighted by atomic mass is 32.2. The summed E-state index contributed by atoms with van der Waals surface area (Å²) >= 11 is 1.02. The van der Waals surface area contributed by atoms with Crippen molar-refractivity contribution < 1.29 is 38.9 Å². The minimum absolute atomic E-state index is 0.00573. The number of carbonyl (C=O) groups excluding carboxylic acids is 5. The molecule has 0 bridgehead atoms. The normalized spacial score (nSPS) is 13.0. The Balaban J connectivity index is 4.12. The maximum atomic E-state index is 12.1. The van der Waals surface area contributed by atoms with E-state index in [1.165, 1.54) is 27.7 Å². The fraction of sp³-hybridized carbons (Fsp3) is 0.737. The summed E-state index contributed by atoms with van der Waals surface area (Å²) in [5, 5.41) is 26.5. The minimum atomic E-state index is -1.49. The minimum Gasteiger partial charge on any atom is -0.464 e. The molecular formula is C19H33N3O8S. The molecule has 0 aromatic rings. The second-order valence-electron chi connectivity index (χ2n) is 7.63. The topological polar surface area (TPSA) is 171 Å². The molecule has 0 heterocycles. The van der Waals surface area contributed by atoms with Crippen LogP contribution >= 0.6 is 11.8 Å². The molecule has 0 aliphatic carbocycles. The summed E-state index contributed by atoms with van der Waals surface area (Å²) in [4.78, 5) is 57.6. The van der Waals surface area contributed by atoms with Crippen molar-refractivity contribution in [1.29, 1.82) is 0 Å². The number of carbonyl (C=O) groups is 5. The van der Waals surface area contributed by atoms with Gasteiger partial charge in [-0.25, -0.2) is 0 Å². The molecule has 0 aliphatic heterocycles. The van der Waals surface area contributed by atoms with Gasteiger partial charge in [0.1, 0.15) is 12.6 Å². The van der Waals surface area contributed by atoms with Gasteiger partial charge in [-0.15, -0.1) is 0 Å². The lowest BCUT2D eigenvalue weighted by molar-refractivity contribution is -0.153. The van der Waals surface area contributed by atoms with Crippen molar-refractivity contribution in [3.05, 3.63) is 0 Å². The lowest BCUT2D eigenvalue weighted by Gasteiger charge is -2.29. The Labute approximate surface area is 186 Å². The molecule has 0 fully saturated rings. The summed E-state index contributed by atoms with van der Waals surface area (Å²) < 4.78 is 4.97. The molecule has 178 valence electrons. The second kappa shape index (κ2) is 14.8. The van der Waals surface area contributed by atoms with Crippen LogP contribution in [0.2, 0.25) is 0 Å². The van der Waals surface area contributed by atoms with Gasteiger partial charge >= 0.3 is 5.97 Å². The van der Waals surface area contributed by atoms with Crippen molar-refractivity contribution >= 4 is 40.6 Å². The third-order valence-corrected chi connectivity index (χ3v) is 4.77. The molecule has 0 saturated carbocycles. The number of amides is 3. The van der Waals surface area contributed by atoms with E-state index >= 15 is 0 Å². The van der Waals surface area contributed by atoms with E-state index in [0.717, 1.165) is 11.8 Å². The molecule has 3 amide bonds. The fourth-order valence-corrected chi connectivity index (χ4v) is 2.88. The molecule has 0 spiro atoms. The largest absolute Gasteiger partial charge is 0.464 e. The van der Waals surface area contributed by atoms with Gasteiger partial charge in [-0.1, -0.05) is 25.6 Å². The predicted molar refractivity (Wildman–Crippen MR) is 114 cm³/mol. The monoisotopic (exact) mass is 463 g/mol. The number of esters is 1. The maximum absolute atomic E-state index is 12.1. The number of aliphatic hydroxyl groups excluding tert-OH is 2. The highest BCUT2D eigenvalue weighted by Gasteiger charge is 2.35. The van der Waals surface area contributed by atoms with E-state index in [2.05, 4.69) is 16.0 Å². The Kier molecular flexibility index (Phi) is 13.7. The number of hydrogen-bond acceptors (Lipinski definition) is 9. The van der Waals surface area contributed by atoms with E-state index in [-0.39, 0.29) is 56.0 Å². The Morgan fingerprint density at radius 1 is 1.03 bits per heavy atom. The molecule has 0 radical (unpaired) electrons. The highest BCUT2D eigenvalue weighted by molar-refractivity contribution is 8.13. The van der Waals surface area contributed by atoms with E-state index in [0.29, 0.717) is 5.75 Å². The zero-order valence-electron chi connectivity index (χ0n) is 18.4. The standard InChI is InChI=1S/C19H33N3O8S/c1-12(23)9-16(27)31-8-7-20-14(25)5-6-21-18(29)17(28)19(3,4)11-30-15(26)10-22-13(2)24/h12,17,23,28H,5-11H2,1-4H3,(H,20,25)(H,21,29)(H,22,24)/t12-,17+/m1/s1. The first-order valence-electron chi connectivity index (χ1n) is 9.81. The van der Waals surface area contributed by atoms with Crippen LogP contribution in [0.25, 0.3) is 0 Å². The van der Waals surface area contributed by atoms with Crippen LogP contribution in [0.15, 0.2) is 0 Å². The predicted octanol–water partition coefficient (Wildman–Crippen LogP) is -1.29. The third kappa shape index (κ3) is 14.5. The first-order valence-corrected chi connectivity index (χ1v) is 10.8. The molecule has 2 atom stereocenters. The molecule has 5 N–H and O–H groups in total. The van der Waals surface area contributed by atoms with Crippen LogP contribution in [0.3, 0.4) is 0 Å². The Hall–Kier alpha value is -2.18. The van der Waals surface area contributed by atoms with Crippen LogP contribution in [-0.2, 0) is 28.7 Å². The van der Waals surface area contributed by atoms with Crippen LogP contribution < -0.4 is 16.0 Å². The average Bonchev–Trinajstić information content (AvgIpc) is 2.66. The zero-order valence-corrected chi connectivity index (χ0v) is 19.2. The zero-order chi connectivity index (χ0) is 24.0. The van der Waals surface area contributed by atoms with Gasteiger partial charge in [0, 0.05) is 44.0 Å². The quantitative estimate of drug-likeness (QED) is 0.155. The Bertz CT molecular complexity index is 640. The van der Waals surface area contributed by atoms with Crippen molar-refractivity contribution in [2.45, 2.75) is 52.7 Å². The number of ether oxygens (including phenoxy) is 1. The summed E-state index contributed by atoms with van der Waals surface area (Å²) in [5.74, 6) is -1.75. The smallest absolute Gasteiger partial charge is 0.325 e. The molecule has 11 nitrogen and oxygen atoms in total. The van der Waals surface area contributed by atoms with Crippen molar-refractivity contribution in [3.8, 4) is 0 Å². The third-order valence-electron chi connectivity index (χ3n) is 3.88. The summed E-state index contributed by atoms with van der Waals surface area (Å²) in [6, 6.07) is 0. The van der Waals surface area contributed by atoms with Crippen LogP contribution in [0.1, 0.15) is 40.5 Å². The average molecular weight is 464 g/mol. The van der Waals surface area contributed by atoms with Gasteiger partial charge in [0.25, 0.3) is 0 Å². The van der Waals surface area contributed by atoms with E-state index in [9.17, 15) is 29.1 Å². The van der Waals surface area contributed by atoms with E-state index in [1.807, 2.05) is 0 Å². The van der Waals surface area contributed by atoms with Crippen LogP contribution in [0.5, 0.6) is 0 Å². The lowest BCUT2D eigenvalue weighted by atomic mass is 9.87. The molecular weight excluding hydrogens is 430 g/mol. The van der Waals surface area contributed by atoms with Crippen LogP contribution in [0.4, 0.5) is 0 Å². The summed E-state index contributed by atoms with van der Waals surface area (Å²) in [7, 11) is 0. The number of nitrogens with one attached hydrogen (secondary N) is 3. The van der Waals surface area contributed by atoms with Gasteiger partial charge in [0.15, 0.2) is 5.12 Å². The van der Waals surface area contributed by atoms with Gasteiger partial charge in [-0.2, -0.15) is 0 Å². The van der Waals surface area contributed by atoms with Crippen LogP contribution in [-0.4, -0.2) is 83.2 Å². The molecule has 0 unspecified atom stereocenters. The molecule has 0 rings (SSSR count). The van der Waals surface area contributed by atoms with E-state index in [1.54, 1.807) is 0 Å². The SMILES string of the molecule is CC(=O)NCC(=O)OCC(C)(C)[C@@H](O)C(=O)NCCC(=O)NCCSC(=O)C[C@@H](C)O. The first-order chi connectivity index (χ1) is 14.3. The molecule has 12 heteroatoms. The Morgan fingerprint density at radius 3 is 2.26 bits per heavy atom. The molecule has 31 heavy (non-hydrogen) atoms. The molecule has 0 saturated heterocycles. The second-order valence-corrected chi connectivity index (χ2v) is 8.78. The summed E-state index contributed by atoms with van der Waals surface area (Å²) in [6.45, 7) is 5.55. The van der Waals surface area contributed by atoms with Gasteiger partial charge in [-0.3, -0.25) is 24.0 Å². The van der Waals surface area contributed by atoms with Crippen LogP contribution in [0, 0.1) is 5.41 Å². The fourth-order valence-electron chi connectivity index (χ4n) is 2.09. The Morgan fingerprint density at radius 2 is 1.68 bits per heavy atom. The van der Waals surface area contributed by atoms with Crippen molar-refractivity contribution in [2.75, 3.05) is 32.0 Å². The van der Waals surface area contributed by atoms with Gasteiger partial charge in [-0.05, 0) is 6.92 Å².